The maximum Gasteiger partial charge on any atom is 0.322 e. The van der Waals surface area contributed by atoms with Crippen molar-refractivity contribution in [2.24, 2.45) is 5.73 Å². The molecule has 0 aliphatic rings. The van der Waals surface area contributed by atoms with Crippen LogP contribution in [-0.4, -0.2) is 16.0 Å². The molecule has 1 aromatic carbocycles. The number of nitrogens with zero attached hydrogens (tertiary/aromatic N) is 1. The fraction of sp³-hybridized carbons (Fsp3) is 0.200. The number of fused-ring (bicyclic) bond motifs is 1. The summed E-state index contributed by atoms with van der Waals surface area (Å²) in [6, 6.07) is 7.24. The van der Waals surface area contributed by atoms with Crippen LogP contribution in [0.25, 0.3) is 11.0 Å². The van der Waals surface area contributed by atoms with Crippen LogP contribution >= 0.6 is 11.9 Å². The van der Waals surface area contributed by atoms with Gasteiger partial charge < -0.3 is 10.7 Å². The van der Waals surface area contributed by atoms with Gasteiger partial charge in [-0.25, -0.2) is 9.78 Å². The third-order valence-corrected chi connectivity index (χ3v) is 3.02. The van der Waals surface area contributed by atoms with E-state index < -0.39 is 6.03 Å². The zero-order valence-electron chi connectivity index (χ0n) is 8.73. The Bertz CT molecular complexity index is 477. The highest BCUT2D eigenvalue weighted by Gasteiger charge is 2.11. The minimum Gasteiger partial charge on any atom is -0.351 e. The van der Waals surface area contributed by atoms with E-state index in [2.05, 4.69) is 14.7 Å². The van der Waals surface area contributed by atoms with Gasteiger partial charge in [0.05, 0.1) is 16.3 Å². The molecule has 0 aliphatic carbocycles. The summed E-state index contributed by atoms with van der Waals surface area (Å²) >= 11 is 1.23. The first-order valence-electron chi connectivity index (χ1n) is 4.82. The summed E-state index contributed by atoms with van der Waals surface area (Å²) in [5, 5.41) is 0.0277. The predicted octanol–water partition coefficient (Wildman–Crippen LogP) is 1.94. The first-order valence-corrected chi connectivity index (χ1v) is 5.70. The normalized spacial score (nSPS) is 12.6. The molecule has 0 radical (unpaired) electrons. The number of aromatic nitrogens is 2. The molecule has 0 saturated carbocycles. The standard InChI is InChI=1S/C10H12N4OS/c1-6(16-14-10(11)15)9-12-7-4-2-3-5-8(7)13-9/h2-6H,1H3,(H,12,13)(H3,11,14,15). The molecule has 84 valence electrons. The van der Waals surface area contributed by atoms with Crippen LogP contribution in [0.4, 0.5) is 4.79 Å². The Kier molecular flexibility index (Phi) is 3.00. The van der Waals surface area contributed by atoms with Crippen molar-refractivity contribution in [2.45, 2.75) is 12.2 Å². The van der Waals surface area contributed by atoms with E-state index in [0.29, 0.717) is 0 Å². The molecule has 16 heavy (non-hydrogen) atoms. The first-order chi connectivity index (χ1) is 7.66. The van der Waals surface area contributed by atoms with Crippen LogP contribution in [0.1, 0.15) is 18.0 Å². The number of nitrogens with two attached hydrogens (primary N) is 1. The number of amides is 2. The Labute approximate surface area is 96.9 Å². The molecule has 0 fully saturated rings. The van der Waals surface area contributed by atoms with Gasteiger partial charge in [-0.3, -0.25) is 4.72 Å². The Morgan fingerprint density at radius 3 is 3.00 bits per heavy atom. The summed E-state index contributed by atoms with van der Waals surface area (Å²) in [5.74, 6) is 0.819. The largest absolute Gasteiger partial charge is 0.351 e. The van der Waals surface area contributed by atoms with Crippen LogP contribution in [0.5, 0.6) is 0 Å². The number of hydrogen-bond donors (Lipinski definition) is 3. The lowest BCUT2D eigenvalue weighted by Crippen LogP contribution is -2.23. The molecular formula is C10H12N4OS. The number of H-pyrrole nitrogens is 1. The Morgan fingerprint density at radius 1 is 1.56 bits per heavy atom. The van der Waals surface area contributed by atoms with Crippen molar-refractivity contribution in [2.75, 3.05) is 0 Å². The second-order valence-electron chi connectivity index (χ2n) is 3.37. The molecule has 5 nitrogen and oxygen atoms in total. The highest BCUT2D eigenvalue weighted by Crippen LogP contribution is 2.24. The van der Waals surface area contributed by atoms with E-state index in [4.69, 9.17) is 5.73 Å². The predicted molar refractivity (Wildman–Crippen MR) is 64.8 cm³/mol. The lowest BCUT2D eigenvalue weighted by Gasteiger charge is -2.06. The van der Waals surface area contributed by atoms with Crippen molar-refractivity contribution in [1.82, 2.24) is 14.7 Å². The van der Waals surface area contributed by atoms with Gasteiger partial charge in [0.15, 0.2) is 0 Å². The molecular weight excluding hydrogens is 224 g/mol. The maximum atomic E-state index is 10.6. The number of nitrogens with one attached hydrogen (secondary N) is 2. The van der Waals surface area contributed by atoms with Crippen molar-refractivity contribution in [3.05, 3.63) is 30.1 Å². The van der Waals surface area contributed by atoms with Gasteiger partial charge in [0.1, 0.15) is 5.82 Å². The quantitative estimate of drug-likeness (QED) is 0.712. The Morgan fingerprint density at radius 2 is 2.31 bits per heavy atom. The third kappa shape index (κ3) is 2.27. The van der Waals surface area contributed by atoms with Crippen LogP contribution in [0.2, 0.25) is 0 Å². The fourth-order valence-corrected chi connectivity index (χ4v) is 1.88. The fourth-order valence-electron chi connectivity index (χ4n) is 1.37. The van der Waals surface area contributed by atoms with Crippen LogP contribution in [0, 0.1) is 0 Å². The molecule has 0 aliphatic heterocycles. The van der Waals surface area contributed by atoms with Gasteiger partial charge in [0.25, 0.3) is 0 Å². The number of aromatic amines is 1. The lowest BCUT2D eigenvalue weighted by atomic mass is 10.3. The average Bonchev–Trinajstić information content (AvgIpc) is 2.69. The molecule has 1 unspecified atom stereocenters. The third-order valence-electron chi connectivity index (χ3n) is 2.13. The van der Waals surface area contributed by atoms with Gasteiger partial charge in [-0.15, -0.1) is 0 Å². The zero-order valence-corrected chi connectivity index (χ0v) is 9.54. The van der Waals surface area contributed by atoms with E-state index in [1.165, 1.54) is 11.9 Å². The second-order valence-corrected chi connectivity index (χ2v) is 4.51. The first kappa shape index (κ1) is 10.8. The van der Waals surface area contributed by atoms with Crippen LogP contribution in [0.15, 0.2) is 24.3 Å². The Balaban J connectivity index is 2.16. The summed E-state index contributed by atoms with van der Waals surface area (Å²) in [6.45, 7) is 1.94. The number of urea groups is 1. The molecule has 1 aromatic heterocycles. The Hall–Kier alpha value is -1.69. The van der Waals surface area contributed by atoms with E-state index >= 15 is 0 Å². The maximum absolute atomic E-state index is 10.6. The SMILES string of the molecule is CC(SNC(N)=O)c1nc2ccccc2[nH]1. The van der Waals surface area contributed by atoms with Crippen molar-refractivity contribution >= 4 is 29.0 Å². The molecule has 6 heteroatoms. The van der Waals surface area contributed by atoms with Crippen molar-refractivity contribution in [3.63, 3.8) is 0 Å². The van der Waals surface area contributed by atoms with Crippen LogP contribution in [0.3, 0.4) is 0 Å². The van der Waals surface area contributed by atoms with E-state index in [1.807, 2.05) is 31.2 Å². The highest BCUT2D eigenvalue weighted by molar-refractivity contribution is 7.98. The minimum atomic E-state index is -0.548. The summed E-state index contributed by atoms with van der Waals surface area (Å²) in [5.41, 5.74) is 6.90. The average molecular weight is 236 g/mol. The van der Waals surface area contributed by atoms with Gasteiger partial charge in [-0.1, -0.05) is 12.1 Å². The monoisotopic (exact) mass is 236 g/mol. The van der Waals surface area contributed by atoms with E-state index in [-0.39, 0.29) is 5.25 Å². The molecule has 2 aromatic rings. The zero-order chi connectivity index (χ0) is 11.5. The van der Waals surface area contributed by atoms with Crippen molar-refractivity contribution in [3.8, 4) is 0 Å². The topological polar surface area (TPSA) is 83.8 Å². The summed E-state index contributed by atoms with van der Waals surface area (Å²) < 4.78 is 2.48. The minimum absolute atomic E-state index is 0.0277. The van der Waals surface area contributed by atoms with E-state index in [0.717, 1.165) is 16.9 Å². The van der Waals surface area contributed by atoms with E-state index in [9.17, 15) is 4.79 Å². The van der Waals surface area contributed by atoms with Gasteiger partial charge in [-0.2, -0.15) is 0 Å². The number of carbonyl (C=O) groups excluding carboxylic acids is 1. The molecule has 0 saturated heterocycles. The van der Waals surface area contributed by atoms with Crippen LogP contribution in [-0.2, 0) is 0 Å². The van der Waals surface area contributed by atoms with Gasteiger partial charge in [-0.05, 0) is 31.0 Å². The second kappa shape index (κ2) is 4.44. The molecule has 1 heterocycles. The van der Waals surface area contributed by atoms with Crippen molar-refractivity contribution in [1.29, 1.82) is 0 Å². The summed E-state index contributed by atoms with van der Waals surface area (Å²) in [6.07, 6.45) is 0. The van der Waals surface area contributed by atoms with Gasteiger partial charge in [0, 0.05) is 0 Å². The number of imidazole rings is 1. The number of hydrogen-bond acceptors (Lipinski definition) is 3. The number of primary amides is 1. The van der Waals surface area contributed by atoms with Gasteiger partial charge in [0.2, 0.25) is 0 Å². The number of para-hydroxylation sites is 2. The molecule has 0 bridgehead atoms. The van der Waals surface area contributed by atoms with E-state index in [1.54, 1.807) is 0 Å². The lowest BCUT2D eigenvalue weighted by molar-refractivity contribution is 0.254. The highest BCUT2D eigenvalue weighted by atomic mass is 32.2. The summed E-state index contributed by atoms with van der Waals surface area (Å²) in [7, 11) is 0. The van der Waals surface area contributed by atoms with Gasteiger partial charge >= 0.3 is 6.03 Å². The number of benzene rings is 1. The van der Waals surface area contributed by atoms with Crippen LogP contribution < -0.4 is 10.5 Å². The summed E-state index contributed by atoms with van der Waals surface area (Å²) in [4.78, 5) is 18.2. The number of rotatable bonds is 3. The molecule has 1 atom stereocenters. The number of carbonyl (C=O) groups is 1. The molecule has 4 N–H and O–H groups in total. The van der Waals surface area contributed by atoms with Crippen molar-refractivity contribution < 1.29 is 4.79 Å². The smallest absolute Gasteiger partial charge is 0.322 e. The molecule has 0 spiro atoms. The molecule has 2 amide bonds. The molecule has 2 rings (SSSR count).